The summed E-state index contributed by atoms with van der Waals surface area (Å²) in [6, 6.07) is 4.52. The number of nitro groups is 1. The Kier molecular flexibility index (Phi) is 3.20. The lowest BCUT2D eigenvalue weighted by Crippen LogP contribution is -2.38. The predicted octanol–water partition coefficient (Wildman–Crippen LogP) is 2.04. The Bertz CT molecular complexity index is 711. The Labute approximate surface area is 119 Å². The lowest BCUT2D eigenvalue weighted by Gasteiger charge is -2.29. The summed E-state index contributed by atoms with van der Waals surface area (Å²) in [5, 5.41) is 19.8. The van der Waals surface area contributed by atoms with Gasteiger partial charge in [0, 0.05) is 25.2 Å². The molecule has 2 heterocycles. The molecule has 1 aliphatic heterocycles. The fraction of sp³-hybridized carbons (Fsp3) is 0.385. The molecule has 0 radical (unpaired) electrons. The van der Waals surface area contributed by atoms with Gasteiger partial charge in [-0.15, -0.1) is 0 Å². The Morgan fingerprint density at radius 1 is 1.52 bits per heavy atom. The first-order valence-corrected chi connectivity index (χ1v) is 6.57. The average molecular weight is 291 g/mol. The van der Waals surface area contributed by atoms with E-state index >= 15 is 0 Å². The molecule has 3 rings (SSSR count). The number of nitro benzene ring substituents is 1. The summed E-state index contributed by atoms with van der Waals surface area (Å²) >= 11 is 0. The quantitative estimate of drug-likeness (QED) is 0.680. The highest BCUT2D eigenvalue weighted by molar-refractivity contribution is 5.77. The van der Waals surface area contributed by atoms with Crippen LogP contribution >= 0.6 is 0 Å². The highest BCUT2D eigenvalue weighted by Gasteiger charge is 2.28. The Morgan fingerprint density at radius 3 is 3.05 bits per heavy atom. The molecule has 0 aliphatic carbocycles. The molecule has 0 saturated carbocycles. The SMILES string of the molecule is O=C(O)C1CCCN(c2nc3cc([N+](=O)[O-])ccc3o2)C1. The standard InChI is InChI=1S/C13H13N3O5/c17-12(18)8-2-1-5-15(7-8)13-14-10-6-9(16(19)20)3-4-11(10)21-13/h3-4,6,8H,1-2,5,7H2,(H,17,18). The fourth-order valence-corrected chi connectivity index (χ4v) is 2.50. The lowest BCUT2D eigenvalue weighted by molar-refractivity contribution is -0.384. The summed E-state index contributed by atoms with van der Waals surface area (Å²) < 4.78 is 5.57. The van der Waals surface area contributed by atoms with Crippen molar-refractivity contribution < 1.29 is 19.2 Å². The van der Waals surface area contributed by atoms with E-state index in [0.717, 1.165) is 6.42 Å². The van der Waals surface area contributed by atoms with Gasteiger partial charge in [-0.2, -0.15) is 4.98 Å². The first-order chi connectivity index (χ1) is 10.0. The predicted molar refractivity (Wildman–Crippen MR) is 73.2 cm³/mol. The molecule has 8 nitrogen and oxygen atoms in total. The van der Waals surface area contributed by atoms with Gasteiger partial charge in [-0.05, 0) is 18.9 Å². The number of aromatic nitrogens is 1. The van der Waals surface area contributed by atoms with Crippen molar-refractivity contribution in [3.05, 3.63) is 28.3 Å². The number of nitrogens with zero attached hydrogens (tertiary/aromatic N) is 3. The van der Waals surface area contributed by atoms with Crippen LogP contribution < -0.4 is 4.90 Å². The molecule has 1 saturated heterocycles. The van der Waals surface area contributed by atoms with E-state index in [2.05, 4.69) is 4.98 Å². The van der Waals surface area contributed by atoms with Crippen LogP contribution in [0.3, 0.4) is 0 Å². The zero-order valence-electron chi connectivity index (χ0n) is 11.1. The van der Waals surface area contributed by atoms with Gasteiger partial charge in [0.1, 0.15) is 5.52 Å². The van der Waals surface area contributed by atoms with Crippen molar-refractivity contribution in [2.45, 2.75) is 12.8 Å². The number of rotatable bonds is 3. The fourth-order valence-electron chi connectivity index (χ4n) is 2.50. The van der Waals surface area contributed by atoms with Crippen molar-refractivity contribution in [1.29, 1.82) is 0 Å². The molecule has 1 aromatic carbocycles. The maximum Gasteiger partial charge on any atom is 0.308 e. The van der Waals surface area contributed by atoms with Gasteiger partial charge in [0.05, 0.1) is 10.8 Å². The summed E-state index contributed by atoms with van der Waals surface area (Å²) in [6.07, 6.45) is 1.38. The zero-order valence-corrected chi connectivity index (χ0v) is 11.1. The number of hydrogen-bond donors (Lipinski definition) is 1. The number of aliphatic carboxylic acids is 1. The second-order valence-electron chi connectivity index (χ2n) is 5.03. The molecule has 2 aromatic rings. The highest BCUT2D eigenvalue weighted by Crippen LogP contribution is 2.28. The number of oxazole rings is 1. The smallest absolute Gasteiger partial charge is 0.308 e. The van der Waals surface area contributed by atoms with Crippen LogP contribution in [0, 0.1) is 16.0 Å². The van der Waals surface area contributed by atoms with Crippen molar-refractivity contribution in [1.82, 2.24) is 4.98 Å². The van der Waals surface area contributed by atoms with Crippen LogP contribution in [0.2, 0.25) is 0 Å². The van der Waals surface area contributed by atoms with E-state index in [1.54, 1.807) is 4.90 Å². The molecule has 21 heavy (non-hydrogen) atoms. The van der Waals surface area contributed by atoms with Crippen molar-refractivity contribution in [2.24, 2.45) is 5.92 Å². The van der Waals surface area contributed by atoms with Gasteiger partial charge in [-0.1, -0.05) is 0 Å². The van der Waals surface area contributed by atoms with Crippen molar-refractivity contribution >= 4 is 28.8 Å². The molecule has 0 bridgehead atoms. The van der Waals surface area contributed by atoms with E-state index in [0.29, 0.717) is 36.6 Å². The molecule has 1 aromatic heterocycles. The normalized spacial score (nSPS) is 18.9. The molecule has 1 N–H and O–H groups in total. The van der Waals surface area contributed by atoms with E-state index in [-0.39, 0.29) is 5.69 Å². The minimum atomic E-state index is -0.827. The number of anilines is 1. The molecule has 0 amide bonds. The molecular weight excluding hydrogens is 278 g/mol. The van der Waals surface area contributed by atoms with Crippen molar-refractivity contribution in [3.63, 3.8) is 0 Å². The third-order valence-corrected chi connectivity index (χ3v) is 3.61. The topological polar surface area (TPSA) is 110 Å². The van der Waals surface area contributed by atoms with Crippen LogP contribution in [0.25, 0.3) is 11.1 Å². The first kappa shape index (κ1) is 13.3. The second-order valence-corrected chi connectivity index (χ2v) is 5.03. The van der Waals surface area contributed by atoms with Crippen LogP contribution in [0.15, 0.2) is 22.6 Å². The zero-order chi connectivity index (χ0) is 15.0. The Hall–Kier alpha value is -2.64. The van der Waals surface area contributed by atoms with Crippen LogP contribution in [-0.2, 0) is 4.79 Å². The van der Waals surface area contributed by atoms with Gasteiger partial charge < -0.3 is 14.4 Å². The van der Waals surface area contributed by atoms with Crippen LogP contribution in [0.5, 0.6) is 0 Å². The third-order valence-electron chi connectivity index (χ3n) is 3.61. The summed E-state index contributed by atoms with van der Waals surface area (Å²) in [6.45, 7) is 1.00. The molecule has 110 valence electrons. The largest absolute Gasteiger partial charge is 0.481 e. The van der Waals surface area contributed by atoms with Gasteiger partial charge in [0.2, 0.25) is 0 Å². The van der Waals surface area contributed by atoms with Gasteiger partial charge in [-0.3, -0.25) is 14.9 Å². The molecule has 8 heteroatoms. The van der Waals surface area contributed by atoms with E-state index in [4.69, 9.17) is 9.52 Å². The summed E-state index contributed by atoms with van der Waals surface area (Å²) in [7, 11) is 0. The highest BCUT2D eigenvalue weighted by atomic mass is 16.6. The number of non-ortho nitro benzene ring substituents is 1. The molecule has 1 aliphatic rings. The minimum Gasteiger partial charge on any atom is -0.481 e. The van der Waals surface area contributed by atoms with Gasteiger partial charge in [0.25, 0.3) is 11.7 Å². The van der Waals surface area contributed by atoms with Gasteiger partial charge in [0.15, 0.2) is 5.58 Å². The summed E-state index contributed by atoms with van der Waals surface area (Å²) in [5.41, 5.74) is 0.800. The van der Waals surface area contributed by atoms with E-state index in [1.165, 1.54) is 18.2 Å². The lowest BCUT2D eigenvalue weighted by atomic mass is 9.99. The van der Waals surface area contributed by atoms with Crippen LogP contribution in [0.1, 0.15) is 12.8 Å². The molecular formula is C13H13N3O5. The van der Waals surface area contributed by atoms with Gasteiger partial charge >= 0.3 is 5.97 Å². The maximum atomic E-state index is 11.1. The van der Waals surface area contributed by atoms with E-state index in [9.17, 15) is 14.9 Å². The molecule has 1 unspecified atom stereocenters. The van der Waals surface area contributed by atoms with E-state index < -0.39 is 16.8 Å². The third kappa shape index (κ3) is 2.51. The monoisotopic (exact) mass is 291 g/mol. The van der Waals surface area contributed by atoms with Crippen molar-refractivity contribution in [2.75, 3.05) is 18.0 Å². The first-order valence-electron chi connectivity index (χ1n) is 6.57. The summed E-state index contributed by atoms with van der Waals surface area (Å²) in [4.78, 5) is 27.3. The molecule has 1 fully saturated rings. The number of benzene rings is 1. The number of fused-ring (bicyclic) bond motifs is 1. The molecule has 1 atom stereocenters. The van der Waals surface area contributed by atoms with E-state index in [1.807, 2.05) is 0 Å². The van der Waals surface area contributed by atoms with Crippen molar-refractivity contribution in [3.8, 4) is 0 Å². The average Bonchev–Trinajstić information content (AvgIpc) is 2.90. The molecule has 0 spiro atoms. The Balaban J connectivity index is 1.90. The van der Waals surface area contributed by atoms with Crippen LogP contribution in [0.4, 0.5) is 11.7 Å². The number of carboxylic acids is 1. The number of carboxylic acid groups (broad SMARTS) is 1. The number of carbonyl (C=O) groups is 1. The second kappa shape index (κ2) is 5.04. The maximum absolute atomic E-state index is 11.1. The number of piperidine rings is 1. The van der Waals surface area contributed by atoms with Gasteiger partial charge in [-0.25, -0.2) is 0 Å². The van der Waals surface area contributed by atoms with Crippen LogP contribution in [-0.4, -0.2) is 34.1 Å². The number of hydrogen-bond acceptors (Lipinski definition) is 6. The minimum absolute atomic E-state index is 0.0515. The summed E-state index contributed by atoms with van der Waals surface area (Å²) in [5.74, 6) is -1.27. The Morgan fingerprint density at radius 2 is 2.33 bits per heavy atom.